The lowest BCUT2D eigenvalue weighted by molar-refractivity contribution is 0.306. The van der Waals surface area contributed by atoms with Crippen LogP contribution in [0, 0.1) is 11.3 Å². The number of nitriles is 1. The maximum absolute atomic E-state index is 9.42. The summed E-state index contributed by atoms with van der Waals surface area (Å²) in [6.45, 7) is 0.557. The molecule has 0 spiro atoms. The maximum Gasteiger partial charge on any atom is 0.120 e. The second-order valence-electron chi connectivity index (χ2n) is 6.58. The van der Waals surface area contributed by atoms with Gasteiger partial charge in [0.25, 0.3) is 0 Å². The fraction of sp³-hybridized carbons (Fsp3) is 0.174. The fourth-order valence-electron chi connectivity index (χ4n) is 3.09. The highest BCUT2D eigenvalue weighted by Crippen LogP contribution is 2.48. The average molecular weight is 325 g/mol. The summed E-state index contributed by atoms with van der Waals surface area (Å²) in [5.74, 6) is 0.855. The molecule has 3 aromatic rings. The van der Waals surface area contributed by atoms with Gasteiger partial charge >= 0.3 is 0 Å². The summed E-state index contributed by atoms with van der Waals surface area (Å²) in [7, 11) is 0. The highest BCUT2D eigenvalue weighted by atomic mass is 16.5. The predicted molar refractivity (Wildman–Crippen MR) is 99.2 cm³/mol. The van der Waals surface area contributed by atoms with Crippen LogP contribution in [0.25, 0.3) is 11.1 Å². The van der Waals surface area contributed by atoms with Gasteiger partial charge in [-0.1, -0.05) is 60.7 Å². The minimum absolute atomic E-state index is 0.253. The molecule has 3 aromatic carbocycles. The van der Waals surface area contributed by atoms with Crippen molar-refractivity contribution in [3.8, 4) is 22.9 Å². The number of benzene rings is 3. The van der Waals surface area contributed by atoms with Gasteiger partial charge in [-0.2, -0.15) is 5.26 Å². The molecule has 0 radical (unpaired) electrons. The van der Waals surface area contributed by atoms with Gasteiger partial charge in [-0.15, -0.1) is 0 Å². The van der Waals surface area contributed by atoms with Gasteiger partial charge < -0.3 is 4.74 Å². The Morgan fingerprint density at radius 1 is 0.840 bits per heavy atom. The average Bonchev–Trinajstić information content (AvgIpc) is 3.49. The van der Waals surface area contributed by atoms with Gasteiger partial charge in [0.05, 0.1) is 11.5 Å². The topological polar surface area (TPSA) is 33.0 Å². The molecule has 1 aliphatic carbocycles. The standard InChI is InChI=1S/C23H19NO/c24-17-23(12-13-23)21-10-4-8-19(14-21)20-9-5-11-22(15-20)25-16-18-6-2-1-3-7-18/h1-11,14-15H,12-13,16H2. The van der Waals surface area contributed by atoms with Crippen LogP contribution in [0.3, 0.4) is 0 Å². The zero-order valence-electron chi connectivity index (χ0n) is 14.0. The van der Waals surface area contributed by atoms with Crippen molar-refractivity contribution in [2.45, 2.75) is 24.9 Å². The van der Waals surface area contributed by atoms with E-state index in [1.807, 2.05) is 36.4 Å². The Kier molecular flexibility index (Phi) is 3.99. The lowest BCUT2D eigenvalue weighted by Gasteiger charge is -2.11. The Labute approximate surface area is 148 Å². The molecule has 0 aliphatic heterocycles. The minimum Gasteiger partial charge on any atom is -0.489 e. The van der Waals surface area contributed by atoms with Crippen molar-refractivity contribution in [2.24, 2.45) is 0 Å². The van der Waals surface area contributed by atoms with E-state index in [1.165, 1.54) is 0 Å². The maximum atomic E-state index is 9.42. The number of ether oxygens (including phenoxy) is 1. The van der Waals surface area contributed by atoms with Crippen molar-refractivity contribution in [3.63, 3.8) is 0 Å². The smallest absolute Gasteiger partial charge is 0.120 e. The molecule has 25 heavy (non-hydrogen) atoms. The van der Waals surface area contributed by atoms with Gasteiger partial charge in [0, 0.05) is 0 Å². The first-order chi connectivity index (χ1) is 12.3. The van der Waals surface area contributed by atoms with Crippen LogP contribution < -0.4 is 4.74 Å². The van der Waals surface area contributed by atoms with Crippen LogP contribution in [0.15, 0.2) is 78.9 Å². The summed E-state index contributed by atoms with van der Waals surface area (Å²) < 4.78 is 5.93. The Balaban J connectivity index is 1.56. The Morgan fingerprint density at radius 3 is 2.28 bits per heavy atom. The zero-order chi connectivity index (χ0) is 17.1. The van der Waals surface area contributed by atoms with Crippen LogP contribution in [-0.2, 0) is 12.0 Å². The molecule has 2 nitrogen and oxygen atoms in total. The van der Waals surface area contributed by atoms with E-state index in [0.29, 0.717) is 6.61 Å². The summed E-state index contributed by atoms with van der Waals surface area (Å²) in [4.78, 5) is 0. The molecule has 122 valence electrons. The van der Waals surface area contributed by atoms with Crippen molar-refractivity contribution in [3.05, 3.63) is 90.0 Å². The van der Waals surface area contributed by atoms with E-state index in [2.05, 4.69) is 48.5 Å². The number of nitrogens with zero attached hydrogens (tertiary/aromatic N) is 1. The van der Waals surface area contributed by atoms with Gasteiger partial charge in [-0.05, 0) is 53.3 Å². The third-order valence-corrected chi connectivity index (χ3v) is 4.79. The number of rotatable bonds is 5. The van der Waals surface area contributed by atoms with Gasteiger partial charge in [0.2, 0.25) is 0 Å². The van der Waals surface area contributed by atoms with Crippen molar-refractivity contribution in [1.82, 2.24) is 0 Å². The van der Waals surface area contributed by atoms with Gasteiger partial charge in [0.1, 0.15) is 12.4 Å². The van der Waals surface area contributed by atoms with E-state index in [-0.39, 0.29) is 5.41 Å². The van der Waals surface area contributed by atoms with Gasteiger partial charge in [-0.25, -0.2) is 0 Å². The lowest BCUT2D eigenvalue weighted by Crippen LogP contribution is -2.02. The van der Waals surface area contributed by atoms with E-state index in [0.717, 1.165) is 40.8 Å². The molecule has 2 heteroatoms. The second kappa shape index (κ2) is 6.45. The summed E-state index contributed by atoms with van der Waals surface area (Å²) in [5, 5.41) is 9.42. The van der Waals surface area contributed by atoms with Crippen LogP contribution >= 0.6 is 0 Å². The first kappa shape index (κ1) is 15.5. The van der Waals surface area contributed by atoms with Crippen molar-refractivity contribution in [2.75, 3.05) is 0 Å². The molecule has 0 amide bonds. The summed E-state index contributed by atoms with van der Waals surface area (Å²) >= 11 is 0. The molecule has 1 saturated carbocycles. The molecule has 0 heterocycles. The van der Waals surface area contributed by atoms with Gasteiger partial charge in [-0.3, -0.25) is 0 Å². The Morgan fingerprint density at radius 2 is 1.56 bits per heavy atom. The highest BCUT2D eigenvalue weighted by Gasteiger charge is 2.44. The third-order valence-electron chi connectivity index (χ3n) is 4.79. The van der Waals surface area contributed by atoms with E-state index in [1.54, 1.807) is 0 Å². The molecule has 4 rings (SSSR count). The largest absolute Gasteiger partial charge is 0.489 e. The molecule has 0 aromatic heterocycles. The quantitative estimate of drug-likeness (QED) is 0.621. The van der Waals surface area contributed by atoms with Crippen LogP contribution in [0.1, 0.15) is 24.0 Å². The Hall–Kier alpha value is -3.05. The van der Waals surface area contributed by atoms with Crippen LogP contribution in [0.5, 0.6) is 5.75 Å². The SMILES string of the molecule is N#CC1(c2cccc(-c3cccc(OCc4ccccc4)c3)c2)CC1. The van der Waals surface area contributed by atoms with Crippen molar-refractivity contribution in [1.29, 1.82) is 5.26 Å². The van der Waals surface area contributed by atoms with Crippen molar-refractivity contribution >= 4 is 0 Å². The Bertz CT molecular complexity index is 920. The van der Waals surface area contributed by atoms with Crippen molar-refractivity contribution < 1.29 is 4.74 Å². The summed E-state index contributed by atoms with van der Waals surface area (Å²) in [6.07, 6.45) is 1.93. The zero-order valence-corrected chi connectivity index (χ0v) is 14.0. The molecule has 1 fully saturated rings. The van der Waals surface area contributed by atoms with Crippen LogP contribution in [0.2, 0.25) is 0 Å². The number of hydrogen-bond donors (Lipinski definition) is 0. The molecule has 0 N–H and O–H groups in total. The molecule has 0 bridgehead atoms. The molecule has 0 atom stereocenters. The van der Waals surface area contributed by atoms with Crippen LogP contribution in [0.4, 0.5) is 0 Å². The highest BCUT2D eigenvalue weighted by molar-refractivity contribution is 5.66. The van der Waals surface area contributed by atoms with E-state index in [4.69, 9.17) is 4.74 Å². The van der Waals surface area contributed by atoms with E-state index < -0.39 is 0 Å². The molecule has 1 aliphatic rings. The van der Waals surface area contributed by atoms with Crippen LogP contribution in [-0.4, -0.2) is 0 Å². The minimum atomic E-state index is -0.253. The third kappa shape index (κ3) is 3.27. The summed E-state index contributed by atoms with van der Waals surface area (Å²) in [6, 6.07) is 29.1. The second-order valence-corrected chi connectivity index (χ2v) is 6.58. The molecular formula is C23H19NO. The molecule has 0 saturated heterocycles. The first-order valence-electron chi connectivity index (χ1n) is 8.58. The van der Waals surface area contributed by atoms with E-state index in [9.17, 15) is 5.26 Å². The first-order valence-corrected chi connectivity index (χ1v) is 8.58. The molecule has 0 unspecified atom stereocenters. The molecular weight excluding hydrogens is 306 g/mol. The normalized spacial score (nSPS) is 14.5. The monoisotopic (exact) mass is 325 g/mol. The number of hydrogen-bond acceptors (Lipinski definition) is 2. The van der Waals surface area contributed by atoms with Gasteiger partial charge in [0.15, 0.2) is 0 Å². The lowest BCUT2D eigenvalue weighted by atomic mass is 9.94. The van der Waals surface area contributed by atoms with E-state index >= 15 is 0 Å². The fourth-order valence-corrected chi connectivity index (χ4v) is 3.09. The predicted octanol–water partition coefficient (Wildman–Crippen LogP) is 5.49. The summed E-state index contributed by atoms with van der Waals surface area (Å²) in [5.41, 5.74) is 4.27.